The van der Waals surface area contributed by atoms with E-state index in [4.69, 9.17) is 10.6 Å². The van der Waals surface area contributed by atoms with E-state index in [2.05, 4.69) is 10.0 Å². The first-order valence-corrected chi connectivity index (χ1v) is 4.65. The molecule has 1 rings (SSSR count). The number of hydrogen-bond acceptors (Lipinski definition) is 3. The second kappa shape index (κ2) is 6.03. The molecule has 2 atom stereocenters. The van der Waals surface area contributed by atoms with E-state index in [1.54, 1.807) is 0 Å². The van der Waals surface area contributed by atoms with Gasteiger partial charge in [-0.3, -0.25) is 0 Å². The van der Waals surface area contributed by atoms with Gasteiger partial charge < -0.3 is 10.2 Å². The Kier molecular flexibility index (Phi) is 4.63. The van der Waals surface area contributed by atoms with Crippen LogP contribution in [0, 0.1) is 0 Å². The maximum Gasteiger partial charge on any atom is 0.0858 e. The van der Waals surface area contributed by atoms with Crippen LogP contribution in [0.25, 0.3) is 10.4 Å². The van der Waals surface area contributed by atoms with Crippen LogP contribution in [0.2, 0.25) is 0 Å². The molecule has 0 fully saturated rings. The fourth-order valence-electron chi connectivity index (χ4n) is 1.30. The molecule has 5 heteroatoms. The second-order valence-corrected chi connectivity index (χ2v) is 3.21. The minimum absolute atomic E-state index is 0.406. The molecule has 0 bridgehead atoms. The zero-order valence-corrected chi connectivity index (χ0v) is 8.19. The fourth-order valence-corrected chi connectivity index (χ4v) is 1.30. The summed E-state index contributed by atoms with van der Waals surface area (Å²) in [6.07, 6.45) is -0.590. The summed E-state index contributed by atoms with van der Waals surface area (Å²) in [5.41, 5.74) is 9.29. The van der Waals surface area contributed by atoms with Gasteiger partial charge in [0.2, 0.25) is 0 Å². The number of nitrogens with zero attached hydrogens (tertiary/aromatic N) is 3. The third kappa shape index (κ3) is 3.59. The molecule has 1 aromatic carbocycles. The number of aliphatic hydroxyl groups excluding tert-OH is 2. The highest BCUT2D eigenvalue weighted by atomic mass is 16.3. The minimum Gasteiger partial charge on any atom is -0.394 e. The number of aliphatic hydroxyl groups is 2. The van der Waals surface area contributed by atoms with Crippen molar-refractivity contribution in [2.75, 3.05) is 6.61 Å². The highest BCUT2D eigenvalue weighted by Gasteiger charge is 2.16. The van der Waals surface area contributed by atoms with Crippen LogP contribution in [0.3, 0.4) is 0 Å². The molecule has 0 aliphatic carbocycles. The van der Waals surface area contributed by atoms with E-state index in [0.29, 0.717) is 6.42 Å². The van der Waals surface area contributed by atoms with Gasteiger partial charge >= 0.3 is 0 Å². The zero-order valence-electron chi connectivity index (χ0n) is 8.19. The van der Waals surface area contributed by atoms with Gasteiger partial charge in [-0.15, -0.1) is 0 Å². The van der Waals surface area contributed by atoms with Crippen molar-refractivity contribution >= 4 is 0 Å². The highest BCUT2D eigenvalue weighted by Crippen LogP contribution is 2.09. The van der Waals surface area contributed by atoms with Crippen LogP contribution in [-0.4, -0.2) is 29.0 Å². The van der Waals surface area contributed by atoms with Crippen molar-refractivity contribution in [2.24, 2.45) is 5.11 Å². The number of azide groups is 1. The lowest BCUT2D eigenvalue weighted by Gasteiger charge is -2.15. The summed E-state index contributed by atoms with van der Waals surface area (Å²) in [4.78, 5) is 2.66. The molecule has 2 N–H and O–H groups in total. The predicted molar refractivity (Wildman–Crippen MR) is 56.2 cm³/mol. The van der Waals surface area contributed by atoms with Gasteiger partial charge in [0.15, 0.2) is 0 Å². The van der Waals surface area contributed by atoms with Crippen LogP contribution in [0.15, 0.2) is 35.4 Å². The van der Waals surface area contributed by atoms with Crippen molar-refractivity contribution in [1.29, 1.82) is 0 Å². The lowest BCUT2D eigenvalue weighted by molar-refractivity contribution is 0.0743. The van der Waals surface area contributed by atoms with Gasteiger partial charge in [0.05, 0.1) is 18.8 Å². The molecule has 5 nitrogen and oxygen atoms in total. The molecule has 0 spiro atoms. The van der Waals surface area contributed by atoms with Crippen molar-refractivity contribution in [3.05, 3.63) is 46.3 Å². The second-order valence-electron chi connectivity index (χ2n) is 3.21. The van der Waals surface area contributed by atoms with E-state index in [1.165, 1.54) is 0 Å². The molecule has 0 unspecified atom stereocenters. The van der Waals surface area contributed by atoms with E-state index in [9.17, 15) is 5.11 Å². The lowest BCUT2D eigenvalue weighted by Crippen LogP contribution is -2.29. The molecule has 1 aromatic rings. The minimum atomic E-state index is -1.01. The number of hydrogen-bond donors (Lipinski definition) is 2. The van der Waals surface area contributed by atoms with Crippen LogP contribution >= 0.6 is 0 Å². The molecule has 0 saturated heterocycles. The van der Waals surface area contributed by atoms with Crippen LogP contribution in [0.1, 0.15) is 5.56 Å². The van der Waals surface area contributed by atoms with Crippen molar-refractivity contribution in [2.45, 2.75) is 18.6 Å². The number of benzene rings is 1. The van der Waals surface area contributed by atoms with Crippen LogP contribution < -0.4 is 0 Å². The van der Waals surface area contributed by atoms with Gasteiger partial charge in [0.1, 0.15) is 0 Å². The molecule has 0 saturated carbocycles. The van der Waals surface area contributed by atoms with Crippen molar-refractivity contribution in [3.8, 4) is 0 Å². The van der Waals surface area contributed by atoms with Crippen LogP contribution in [-0.2, 0) is 6.42 Å². The SMILES string of the molecule is [N-]=[N+]=N[C@@H](Cc1ccccc1)[C@H](O)CO. The lowest BCUT2D eigenvalue weighted by atomic mass is 10.0. The van der Waals surface area contributed by atoms with E-state index in [1.807, 2.05) is 30.3 Å². The molecule has 0 aliphatic heterocycles. The fraction of sp³-hybridized carbons (Fsp3) is 0.400. The van der Waals surface area contributed by atoms with E-state index in [-0.39, 0.29) is 0 Å². The average molecular weight is 207 g/mol. The largest absolute Gasteiger partial charge is 0.394 e. The molecule has 0 radical (unpaired) electrons. The molecule has 0 amide bonds. The smallest absolute Gasteiger partial charge is 0.0858 e. The zero-order chi connectivity index (χ0) is 11.1. The monoisotopic (exact) mass is 207 g/mol. The van der Waals surface area contributed by atoms with Crippen molar-refractivity contribution in [3.63, 3.8) is 0 Å². The first-order chi connectivity index (χ1) is 7.27. The summed E-state index contributed by atoms with van der Waals surface area (Å²) >= 11 is 0. The standard InChI is InChI=1S/C10H13N3O2/c11-13-12-9(10(15)7-14)6-8-4-2-1-3-5-8/h1-5,9-10,14-15H,6-7H2/t9-,10+/m0/s1. The first kappa shape index (κ1) is 11.5. The summed E-state index contributed by atoms with van der Waals surface area (Å²) in [6.45, 7) is -0.406. The van der Waals surface area contributed by atoms with Crippen LogP contribution in [0.4, 0.5) is 0 Å². The van der Waals surface area contributed by atoms with Crippen molar-refractivity contribution in [1.82, 2.24) is 0 Å². The summed E-state index contributed by atoms with van der Waals surface area (Å²) in [5, 5.41) is 21.6. The Morgan fingerprint density at radius 2 is 2.00 bits per heavy atom. The topological polar surface area (TPSA) is 89.2 Å². The third-order valence-corrected chi connectivity index (χ3v) is 2.12. The van der Waals surface area contributed by atoms with Gasteiger partial charge in [0.25, 0.3) is 0 Å². The van der Waals surface area contributed by atoms with Crippen molar-refractivity contribution < 1.29 is 10.2 Å². The van der Waals surface area contributed by atoms with E-state index < -0.39 is 18.8 Å². The summed E-state index contributed by atoms with van der Waals surface area (Å²) in [7, 11) is 0. The Morgan fingerprint density at radius 3 is 2.53 bits per heavy atom. The Bertz CT molecular complexity index is 336. The highest BCUT2D eigenvalue weighted by molar-refractivity contribution is 5.16. The van der Waals surface area contributed by atoms with Gasteiger partial charge in [-0.25, -0.2) is 0 Å². The quantitative estimate of drug-likeness (QED) is 0.432. The average Bonchev–Trinajstić information content (AvgIpc) is 2.29. The third-order valence-electron chi connectivity index (χ3n) is 2.12. The summed E-state index contributed by atoms with van der Waals surface area (Å²) < 4.78 is 0. The summed E-state index contributed by atoms with van der Waals surface area (Å²) in [5.74, 6) is 0. The Morgan fingerprint density at radius 1 is 1.33 bits per heavy atom. The van der Waals surface area contributed by atoms with E-state index >= 15 is 0 Å². The van der Waals surface area contributed by atoms with Gasteiger partial charge in [-0.05, 0) is 17.5 Å². The summed E-state index contributed by atoms with van der Waals surface area (Å²) in [6, 6.07) is 8.76. The first-order valence-electron chi connectivity index (χ1n) is 4.65. The molecule has 0 heterocycles. The van der Waals surface area contributed by atoms with Gasteiger partial charge in [-0.1, -0.05) is 35.4 Å². The Balaban J connectivity index is 2.71. The maximum atomic E-state index is 9.40. The van der Waals surface area contributed by atoms with Gasteiger partial charge in [-0.2, -0.15) is 0 Å². The Hall–Kier alpha value is -1.55. The molecule has 0 aliphatic rings. The maximum absolute atomic E-state index is 9.40. The molecular formula is C10H13N3O2. The predicted octanol–water partition coefficient (Wildman–Crippen LogP) is 1.26. The van der Waals surface area contributed by atoms with Gasteiger partial charge in [0, 0.05) is 4.91 Å². The normalized spacial score (nSPS) is 14.0. The molecule has 80 valence electrons. The molecule has 15 heavy (non-hydrogen) atoms. The van der Waals surface area contributed by atoms with E-state index in [0.717, 1.165) is 5.56 Å². The molecule has 0 aromatic heterocycles. The Labute approximate surface area is 87.6 Å². The molecular weight excluding hydrogens is 194 g/mol. The number of rotatable bonds is 5. The van der Waals surface area contributed by atoms with Crippen LogP contribution in [0.5, 0.6) is 0 Å².